The summed E-state index contributed by atoms with van der Waals surface area (Å²) in [6.07, 6.45) is -0.285. The molecule has 0 N–H and O–H groups in total. The van der Waals surface area contributed by atoms with Crippen LogP contribution in [0.25, 0.3) is 0 Å². The molecule has 2 aliphatic rings. The topological polar surface area (TPSA) is 56.3 Å². The van der Waals surface area contributed by atoms with Gasteiger partial charge in [-0.05, 0) is 38.0 Å². The maximum Gasteiger partial charge on any atom is 0.409 e. The number of anilines is 1. The van der Waals surface area contributed by atoms with Gasteiger partial charge in [-0.25, -0.2) is 9.59 Å². The first-order valence-corrected chi connectivity index (χ1v) is 9.78. The standard InChI is InChI=1S/C20H30N4O3/c1-4-27-20(26)24-14-12-23(13-15-24)19(25)22-10-8-21(9-11-22)18-7-5-6-16(2)17(18)3/h5-7H,4,8-15H2,1-3H3. The summed E-state index contributed by atoms with van der Waals surface area (Å²) in [5.74, 6) is 0. The van der Waals surface area contributed by atoms with Crippen molar-refractivity contribution < 1.29 is 14.3 Å². The Hall–Kier alpha value is -2.44. The number of ether oxygens (including phenoxy) is 1. The van der Waals surface area contributed by atoms with Gasteiger partial charge < -0.3 is 24.3 Å². The number of urea groups is 1. The van der Waals surface area contributed by atoms with E-state index in [2.05, 4.69) is 36.9 Å². The predicted octanol–water partition coefficient (Wildman–Crippen LogP) is 2.32. The van der Waals surface area contributed by atoms with Crippen LogP contribution in [0.5, 0.6) is 0 Å². The highest BCUT2D eigenvalue weighted by Crippen LogP contribution is 2.24. The minimum atomic E-state index is -0.285. The molecule has 0 unspecified atom stereocenters. The van der Waals surface area contributed by atoms with E-state index in [1.807, 2.05) is 9.80 Å². The highest BCUT2D eigenvalue weighted by molar-refractivity contribution is 5.75. The van der Waals surface area contributed by atoms with Crippen molar-refractivity contribution >= 4 is 17.8 Å². The second kappa shape index (κ2) is 8.50. The van der Waals surface area contributed by atoms with Crippen molar-refractivity contribution in [1.82, 2.24) is 14.7 Å². The summed E-state index contributed by atoms with van der Waals surface area (Å²) in [6.45, 7) is 11.8. The molecule has 1 aromatic carbocycles. The minimum absolute atomic E-state index is 0.0825. The smallest absolute Gasteiger partial charge is 0.409 e. The van der Waals surface area contributed by atoms with E-state index in [1.54, 1.807) is 11.8 Å². The zero-order chi connectivity index (χ0) is 19.4. The van der Waals surface area contributed by atoms with Gasteiger partial charge in [-0.1, -0.05) is 12.1 Å². The summed E-state index contributed by atoms with van der Waals surface area (Å²) >= 11 is 0. The number of rotatable bonds is 2. The van der Waals surface area contributed by atoms with E-state index in [0.717, 1.165) is 26.2 Å². The van der Waals surface area contributed by atoms with Gasteiger partial charge in [0.15, 0.2) is 0 Å². The number of piperazine rings is 2. The summed E-state index contributed by atoms with van der Waals surface area (Å²) in [6, 6.07) is 6.47. The number of hydrogen-bond acceptors (Lipinski definition) is 4. The molecular weight excluding hydrogens is 344 g/mol. The summed E-state index contributed by atoms with van der Waals surface area (Å²) < 4.78 is 5.03. The Kier molecular flexibility index (Phi) is 6.08. The van der Waals surface area contributed by atoms with Crippen molar-refractivity contribution in [2.75, 3.05) is 63.9 Å². The highest BCUT2D eigenvalue weighted by Gasteiger charge is 2.29. The lowest BCUT2D eigenvalue weighted by Crippen LogP contribution is -2.57. The van der Waals surface area contributed by atoms with Crippen molar-refractivity contribution in [3.05, 3.63) is 29.3 Å². The van der Waals surface area contributed by atoms with Gasteiger partial charge in [-0.3, -0.25) is 0 Å². The second-order valence-corrected chi connectivity index (χ2v) is 7.15. The fourth-order valence-corrected chi connectivity index (χ4v) is 3.71. The number of hydrogen-bond donors (Lipinski definition) is 0. The van der Waals surface area contributed by atoms with Crippen molar-refractivity contribution in [3.8, 4) is 0 Å². The molecule has 0 atom stereocenters. The summed E-state index contributed by atoms with van der Waals surface area (Å²) in [7, 11) is 0. The van der Waals surface area contributed by atoms with Crippen LogP contribution < -0.4 is 4.90 Å². The van der Waals surface area contributed by atoms with E-state index in [1.165, 1.54) is 16.8 Å². The highest BCUT2D eigenvalue weighted by atomic mass is 16.6. The molecule has 2 aliphatic heterocycles. The van der Waals surface area contributed by atoms with Crippen LogP contribution >= 0.6 is 0 Å². The van der Waals surface area contributed by atoms with Gasteiger partial charge in [0, 0.05) is 58.0 Å². The van der Waals surface area contributed by atoms with Crippen LogP contribution in [0.4, 0.5) is 15.3 Å². The molecule has 1 aromatic rings. The molecule has 0 aromatic heterocycles. The van der Waals surface area contributed by atoms with Crippen LogP contribution in [-0.2, 0) is 4.74 Å². The summed E-state index contributed by atoms with van der Waals surface area (Å²) in [5, 5.41) is 0. The number of carbonyl (C=O) groups excluding carboxylic acids is 2. The zero-order valence-corrected chi connectivity index (χ0v) is 16.6. The summed E-state index contributed by atoms with van der Waals surface area (Å²) in [5.41, 5.74) is 3.88. The van der Waals surface area contributed by atoms with Crippen LogP contribution in [0.3, 0.4) is 0 Å². The summed E-state index contributed by atoms with van der Waals surface area (Å²) in [4.78, 5) is 32.4. The fourth-order valence-electron chi connectivity index (χ4n) is 3.71. The molecule has 0 saturated carbocycles. The molecule has 0 aliphatic carbocycles. The van der Waals surface area contributed by atoms with Crippen molar-refractivity contribution in [3.63, 3.8) is 0 Å². The molecule has 2 saturated heterocycles. The molecule has 2 fully saturated rings. The third kappa shape index (κ3) is 4.28. The van der Waals surface area contributed by atoms with Crippen LogP contribution in [0.1, 0.15) is 18.1 Å². The third-order valence-electron chi connectivity index (χ3n) is 5.54. The van der Waals surface area contributed by atoms with Gasteiger partial charge >= 0.3 is 12.1 Å². The first-order chi connectivity index (χ1) is 13.0. The lowest BCUT2D eigenvalue weighted by atomic mass is 10.1. The molecule has 0 bridgehead atoms. The van der Waals surface area contributed by atoms with Crippen molar-refractivity contribution in [1.29, 1.82) is 0 Å². The second-order valence-electron chi connectivity index (χ2n) is 7.15. The average Bonchev–Trinajstić information content (AvgIpc) is 2.70. The number of amides is 3. The normalized spacial score (nSPS) is 17.9. The Bertz CT molecular complexity index is 678. The van der Waals surface area contributed by atoms with Gasteiger partial charge in [0.1, 0.15) is 0 Å². The number of carbonyl (C=O) groups is 2. The third-order valence-corrected chi connectivity index (χ3v) is 5.54. The average molecular weight is 374 g/mol. The van der Waals surface area contributed by atoms with Gasteiger partial charge in [0.05, 0.1) is 6.61 Å². The lowest BCUT2D eigenvalue weighted by molar-refractivity contribution is 0.0781. The molecule has 3 amide bonds. The van der Waals surface area contributed by atoms with Gasteiger partial charge in [0.2, 0.25) is 0 Å². The fraction of sp³-hybridized carbons (Fsp3) is 0.600. The van der Waals surface area contributed by atoms with E-state index >= 15 is 0 Å². The number of benzene rings is 1. The molecule has 7 nitrogen and oxygen atoms in total. The Morgan fingerprint density at radius 3 is 2.04 bits per heavy atom. The quantitative estimate of drug-likeness (QED) is 0.797. The Morgan fingerprint density at radius 2 is 1.44 bits per heavy atom. The Labute approximate surface area is 161 Å². The maximum absolute atomic E-state index is 12.8. The molecule has 3 rings (SSSR count). The molecule has 148 valence electrons. The Balaban J connectivity index is 1.51. The van der Waals surface area contributed by atoms with E-state index in [4.69, 9.17) is 4.74 Å². The van der Waals surface area contributed by atoms with Gasteiger partial charge in [0.25, 0.3) is 0 Å². The van der Waals surface area contributed by atoms with Crippen LogP contribution in [0.15, 0.2) is 18.2 Å². The first kappa shape index (κ1) is 19.3. The molecular formula is C20H30N4O3. The molecule has 27 heavy (non-hydrogen) atoms. The largest absolute Gasteiger partial charge is 0.450 e. The molecule has 2 heterocycles. The zero-order valence-electron chi connectivity index (χ0n) is 16.6. The molecule has 0 spiro atoms. The molecule has 7 heteroatoms. The van der Waals surface area contributed by atoms with E-state index in [9.17, 15) is 9.59 Å². The van der Waals surface area contributed by atoms with Gasteiger partial charge in [-0.15, -0.1) is 0 Å². The van der Waals surface area contributed by atoms with Crippen LogP contribution in [0.2, 0.25) is 0 Å². The van der Waals surface area contributed by atoms with Crippen molar-refractivity contribution in [2.45, 2.75) is 20.8 Å². The van der Waals surface area contributed by atoms with E-state index in [0.29, 0.717) is 32.8 Å². The Morgan fingerprint density at radius 1 is 0.889 bits per heavy atom. The first-order valence-electron chi connectivity index (χ1n) is 9.78. The predicted molar refractivity (Wildman–Crippen MR) is 105 cm³/mol. The number of aryl methyl sites for hydroxylation is 1. The lowest BCUT2D eigenvalue weighted by Gasteiger charge is -2.41. The molecule has 0 radical (unpaired) electrons. The van der Waals surface area contributed by atoms with E-state index in [-0.39, 0.29) is 12.1 Å². The van der Waals surface area contributed by atoms with Crippen LogP contribution in [0, 0.1) is 13.8 Å². The monoisotopic (exact) mass is 374 g/mol. The maximum atomic E-state index is 12.8. The van der Waals surface area contributed by atoms with Gasteiger partial charge in [-0.2, -0.15) is 0 Å². The minimum Gasteiger partial charge on any atom is -0.450 e. The number of nitrogens with zero attached hydrogens (tertiary/aromatic N) is 4. The SMILES string of the molecule is CCOC(=O)N1CCN(C(=O)N2CCN(c3cccc(C)c3C)CC2)CC1. The van der Waals surface area contributed by atoms with Crippen molar-refractivity contribution in [2.24, 2.45) is 0 Å². The van der Waals surface area contributed by atoms with Crippen LogP contribution in [-0.4, -0.2) is 85.8 Å². The van der Waals surface area contributed by atoms with E-state index < -0.39 is 0 Å².